The van der Waals surface area contributed by atoms with Gasteiger partial charge in [0.15, 0.2) is 15.4 Å². The topological polar surface area (TPSA) is 117 Å². The number of halogens is 1. The number of morpholine rings is 1. The molecule has 2 aliphatic heterocycles. The number of piperidine rings is 1. The molecule has 196 valence electrons. The molecule has 9 nitrogen and oxygen atoms in total. The lowest BCUT2D eigenvalue weighted by Crippen LogP contribution is -2.48. The van der Waals surface area contributed by atoms with Crippen molar-refractivity contribution in [3.63, 3.8) is 0 Å². The van der Waals surface area contributed by atoms with Gasteiger partial charge in [-0.15, -0.1) is 0 Å². The monoisotopic (exact) mass is 537 g/mol. The van der Waals surface area contributed by atoms with Crippen LogP contribution in [0.4, 0.5) is 0 Å². The number of carbonyl (C=O) groups is 2. The minimum Gasteiger partial charge on any atom is -0.443 e. The number of rotatable bonds is 5. The number of carbonyl (C=O) groups excluding carboxylic acids is 2. The highest BCUT2D eigenvalue weighted by Crippen LogP contribution is 2.42. The lowest BCUT2D eigenvalue weighted by atomic mass is 9.91. The molecule has 36 heavy (non-hydrogen) atoms. The highest BCUT2D eigenvalue weighted by molar-refractivity contribution is 7.92. The Hall–Kier alpha value is -2.19. The van der Waals surface area contributed by atoms with E-state index in [4.69, 9.17) is 21.1 Å². The summed E-state index contributed by atoms with van der Waals surface area (Å²) in [7, 11) is -1.91. The highest BCUT2D eigenvalue weighted by atomic mass is 35.5. The van der Waals surface area contributed by atoms with Crippen LogP contribution in [0.3, 0.4) is 0 Å². The van der Waals surface area contributed by atoms with Gasteiger partial charge in [-0.3, -0.25) is 9.59 Å². The number of nitrogens with zero attached hydrogens (tertiary/aromatic N) is 3. The average molecular weight is 538 g/mol. The molecule has 1 aromatic rings. The Morgan fingerprint density at radius 1 is 1.14 bits per heavy atom. The second-order valence-electron chi connectivity index (χ2n) is 10.0. The molecular formula is C25H32ClN3O6S. The molecule has 1 aromatic carbocycles. The van der Waals surface area contributed by atoms with Gasteiger partial charge in [0.2, 0.25) is 5.91 Å². The van der Waals surface area contributed by atoms with Gasteiger partial charge in [-0.2, -0.15) is 5.26 Å². The van der Waals surface area contributed by atoms with Crippen molar-refractivity contribution in [2.45, 2.75) is 48.4 Å². The Morgan fingerprint density at radius 3 is 2.39 bits per heavy atom. The van der Waals surface area contributed by atoms with Crippen LogP contribution >= 0.6 is 11.6 Å². The molecule has 0 radical (unpaired) electrons. The molecule has 3 atom stereocenters. The maximum absolute atomic E-state index is 13.6. The lowest BCUT2D eigenvalue weighted by molar-refractivity contribution is -0.167. The molecule has 2 saturated heterocycles. The summed E-state index contributed by atoms with van der Waals surface area (Å²) < 4.78 is 38.4. The average Bonchev–Trinajstić information content (AvgIpc) is 3.32. The molecule has 1 saturated carbocycles. The molecule has 3 aliphatic rings. The molecule has 0 spiro atoms. The molecule has 11 heteroatoms. The van der Waals surface area contributed by atoms with E-state index in [9.17, 15) is 23.3 Å². The van der Waals surface area contributed by atoms with E-state index < -0.39 is 38.5 Å². The van der Waals surface area contributed by atoms with Crippen LogP contribution in [0.15, 0.2) is 23.1 Å². The molecule has 1 aliphatic carbocycles. The van der Waals surface area contributed by atoms with Crippen LogP contribution in [0.2, 0.25) is 5.02 Å². The number of esters is 1. The fourth-order valence-electron chi connectivity index (χ4n) is 5.39. The van der Waals surface area contributed by atoms with Gasteiger partial charge in [0.05, 0.1) is 35.2 Å². The maximum atomic E-state index is 13.6. The second kappa shape index (κ2) is 10.7. The first-order valence-electron chi connectivity index (χ1n) is 12.3. The SMILES string of the molecule is Cc1cc(Cl)ccc1S(=O)(=O)[C@H]1C[C@@H](C(=O)OC2(C#N)CCN(C)CC2)[C@H](C(=O)N2CCOCC2)C1. The number of sulfone groups is 1. The van der Waals surface area contributed by atoms with Crippen molar-refractivity contribution in [3.8, 4) is 6.07 Å². The summed E-state index contributed by atoms with van der Waals surface area (Å²) >= 11 is 6.02. The number of ether oxygens (including phenoxy) is 2. The van der Waals surface area contributed by atoms with Crippen LogP contribution in [0.5, 0.6) is 0 Å². The first kappa shape index (κ1) is 26.9. The summed E-state index contributed by atoms with van der Waals surface area (Å²) in [6, 6.07) is 6.75. The number of nitriles is 1. The molecule has 0 aromatic heterocycles. The van der Waals surface area contributed by atoms with E-state index in [0.717, 1.165) is 0 Å². The molecule has 0 N–H and O–H groups in total. The predicted molar refractivity (Wildman–Crippen MR) is 132 cm³/mol. The number of aryl methyl sites for hydroxylation is 1. The van der Waals surface area contributed by atoms with Gasteiger partial charge in [0, 0.05) is 44.0 Å². The van der Waals surface area contributed by atoms with E-state index in [2.05, 4.69) is 11.0 Å². The van der Waals surface area contributed by atoms with Gasteiger partial charge < -0.3 is 19.3 Å². The summed E-state index contributed by atoms with van der Waals surface area (Å²) in [5, 5.41) is 9.34. The van der Waals surface area contributed by atoms with Crippen molar-refractivity contribution in [1.29, 1.82) is 5.26 Å². The lowest BCUT2D eigenvalue weighted by Gasteiger charge is -2.36. The van der Waals surface area contributed by atoms with Crippen molar-refractivity contribution < 1.29 is 27.5 Å². The van der Waals surface area contributed by atoms with E-state index in [-0.39, 0.29) is 23.6 Å². The molecule has 3 fully saturated rings. The predicted octanol–water partition coefficient (Wildman–Crippen LogP) is 2.21. The third-order valence-corrected chi connectivity index (χ3v) is 10.2. The Labute approximate surface area is 217 Å². The number of hydrogen-bond donors (Lipinski definition) is 0. The standard InChI is InChI=1S/C25H32ClN3O6S/c1-17-13-18(26)3-4-22(17)36(32,33)19-14-20(23(30)29-9-11-34-12-10-29)21(15-19)24(31)35-25(16-27)5-7-28(2)8-6-25/h3-4,13,19-21H,5-12,14-15H2,1-2H3/t19-,20-,21-/m1/s1. The molecule has 1 amide bonds. The van der Waals surface area contributed by atoms with E-state index in [0.29, 0.717) is 62.8 Å². The number of likely N-dealkylation sites (tertiary alicyclic amines) is 1. The summed E-state index contributed by atoms with van der Waals surface area (Å²) in [6.07, 6.45) is 0.715. The van der Waals surface area contributed by atoms with Gasteiger partial charge in [-0.1, -0.05) is 11.6 Å². The quantitative estimate of drug-likeness (QED) is 0.525. The van der Waals surface area contributed by atoms with Gasteiger partial charge in [0.1, 0.15) is 6.07 Å². The van der Waals surface area contributed by atoms with Crippen LogP contribution in [0.25, 0.3) is 0 Å². The zero-order valence-electron chi connectivity index (χ0n) is 20.6. The molecule has 0 bridgehead atoms. The van der Waals surface area contributed by atoms with Gasteiger partial charge in [0.25, 0.3) is 0 Å². The largest absolute Gasteiger partial charge is 0.443 e. The molecule has 0 unspecified atom stereocenters. The van der Waals surface area contributed by atoms with Crippen LogP contribution in [-0.2, 0) is 28.9 Å². The summed E-state index contributed by atoms with van der Waals surface area (Å²) in [5.74, 6) is -2.72. The molecule has 2 heterocycles. The zero-order valence-corrected chi connectivity index (χ0v) is 22.2. The Kier molecular flexibility index (Phi) is 7.95. The van der Waals surface area contributed by atoms with Crippen molar-refractivity contribution in [2.75, 3.05) is 46.4 Å². The van der Waals surface area contributed by atoms with E-state index in [1.807, 2.05) is 7.05 Å². The van der Waals surface area contributed by atoms with Crippen molar-refractivity contribution >= 4 is 33.3 Å². The zero-order chi connectivity index (χ0) is 26.1. The third kappa shape index (κ3) is 5.40. The van der Waals surface area contributed by atoms with Crippen molar-refractivity contribution in [2.24, 2.45) is 11.8 Å². The first-order valence-corrected chi connectivity index (χ1v) is 14.2. The highest BCUT2D eigenvalue weighted by Gasteiger charge is 2.51. The fourth-order valence-corrected chi connectivity index (χ4v) is 7.67. The minimum absolute atomic E-state index is 0.0165. The van der Waals surface area contributed by atoms with Crippen molar-refractivity contribution in [1.82, 2.24) is 9.80 Å². The summed E-state index contributed by atoms with van der Waals surface area (Å²) in [5.41, 5.74) is -0.751. The normalized spacial score (nSPS) is 26.8. The van der Waals surface area contributed by atoms with Crippen LogP contribution in [0, 0.1) is 30.1 Å². The van der Waals surface area contributed by atoms with Gasteiger partial charge in [-0.05, 0) is 50.6 Å². The number of benzene rings is 1. The number of amides is 1. The first-order chi connectivity index (χ1) is 17.1. The van der Waals surface area contributed by atoms with Crippen LogP contribution in [-0.4, -0.2) is 87.4 Å². The second-order valence-corrected chi connectivity index (χ2v) is 12.7. The van der Waals surface area contributed by atoms with E-state index in [1.165, 1.54) is 12.1 Å². The molecule has 4 rings (SSSR count). The van der Waals surface area contributed by atoms with Gasteiger partial charge in [-0.25, -0.2) is 8.42 Å². The minimum atomic E-state index is -3.84. The van der Waals surface area contributed by atoms with Gasteiger partial charge >= 0.3 is 5.97 Å². The Balaban J connectivity index is 1.61. The fraction of sp³-hybridized carbons (Fsp3) is 0.640. The number of hydrogen-bond acceptors (Lipinski definition) is 8. The summed E-state index contributed by atoms with van der Waals surface area (Å²) in [6.45, 7) is 4.45. The maximum Gasteiger partial charge on any atom is 0.311 e. The summed E-state index contributed by atoms with van der Waals surface area (Å²) in [4.78, 5) is 30.8. The smallest absolute Gasteiger partial charge is 0.311 e. The van der Waals surface area contributed by atoms with E-state index >= 15 is 0 Å². The Bertz CT molecular complexity index is 1150. The van der Waals surface area contributed by atoms with E-state index in [1.54, 1.807) is 17.9 Å². The van der Waals surface area contributed by atoms with Crippen molar-refractivity contribution in [3.05, 3.63) is 28.8 Å². The van der Waals surface area contributed by atoms with Crippen LogP contribution in [0.1, 0.15) is 31.2 Å². The Morgan fingerprint density at radius 2 is 1.78 bits per heavy atom. The molecular weight excluding hydrogens is 506 g/mol. The third-order valence-electron chi connectivity index (χ3n) is 7.64. The van der Waals surface area contributed by atoms with Crippen LogP contribution < -0.4 is 0 Å².